The van der Waals surface area contributed by atoms with Crippen LogP contribution in [0.4, 0.5) is 0 Å². The van der Waals surface area contributed by atoms with Gasteiger partial charge in [0.2, 0.25) is 0 Å². The monoisotopic (exact) mass is 165 g/mol. The van der Waals surface area contributed by atoms with Crippen molar-refractivity contribution in [2.45, 2.75) is 13.8 Å². The molecule has 0 unspecified atom stereocenters. The highest BCUT2D eigenvalue weighted by Crippen LogP contribution is 1.89. The van der Waals surface area contributed by atoms with Crippen LogP contribution in [0.5, 0.6) is 0 Å². The summed E-state index contributed by atoms with van der Waals surface area (Å²) in [5, 5.41) is 7.48. The number of nitrogens with zero attached hydrogens (tertiary/aromatic N) is 2. The van der Waals surface area contributed by atoms with Gasteiger partial charge in [-0.05, 0) is 13.8 Å². The molecular weight excluding hydrogens is 150 g/mol. The number of allylic oxidation sites excluding steroid dienone is 2. The van der Waals surface area contributed by atoms with Crippen molar-refractivity contribution < 1.29 is 0 Å². The molecule has 0 aliphatic heterocycles. The smallest absolute Gasteiger partial charge is 0.143 e. The van der Waals surface area contributed by atoms with Crippen molar-refractivity contribution in [1.29, 1.82) is 5.41 Å². The zero-order chi connectivity index (χ0) is 9.56. The fraction of sp³-hybridized carbons (Fsp3) is 0.333. The van der Waals surface area contributed by atoms with E-state index in [1.54, 1.807) is 25.1 Å². The van der Waals surface area contributed by atoms with Crippen LogP contribution in [0.25, 0.3) is 0 Å². The first-order chi connectivity index (χ1) is 5.57. The van der Waals surface area contributed by atoms with E-state index in [-0.39, 0.29) is 0 Å². The zero-order valence-corrected chi connectivity index (χ0v) is 7.83. The number of hydrogen-bond donors (Lipinski definition) is 1. The molecule has 0 aliphatic rings. The Bertz CT molecular complexity index is 226. The van der Waals surface area contributed by atoms with Crippen LogP contribution in [0.2, 0.25) is 0 Å². The van der Waals surface area contributed by atoms with Crippen LogP contribution in [0, 0.1) is 5.41 Å². The average molecular weight is 165 g/mol. The van der Waals surface area contributed by atoms with E-state index < -0.39 is 0 Å². The lowest BCUT2D eigenvalue weighted by molar-refractivity contribution is 0.692. The lowest BCUT2D eigenvalue weighted by Crippen LogP contribution is -2.20. The molecule has 0 fully saturated rings. The number of nitrogens with one attached hydrogen (secondary N) is 1. The third-order valence-electron chi connectivity index (χ3n) is 1.16. The predicted octanol–water partition coefficient (Wildman–Crippen LogP) is 2.03. The molecule has 0 saturated heterocycles. The maximum atomic E-state index is 7.48. The van der Waals surface area contributed by atoms with E-state index in [9.17, 15) is 0 Å². The molecule has 0 bridgehead atoms. The van der Waals surface area contributed by atoms with Crippen molar-refractivity contribution in [2.75, 3.05) is 7.05 Å². The predicted molar refractivity (Wildman–Crippen MR) is 53.6 cm³/mol. The highest BCUT2D eigenvalue weighted by molar-refractivity contribution is 6.28. The highest BCUT2D eigenvalue weighted by Gasteiger charge is 1.94. The molecule has 3 nitrogen and oxygen atoms in total. The molecular formula is C9H15N3. The summed E-state index contributed by atoms with van der Waals surface area (Å²) in [7, 11) is 1.80. The molecule has 0 aliphatic carbocycles. The minimum absolute atomic E-state index is 0.344. The molecule has 3 heteroatoms. The summed E-state index contributed by atoms with van der Waals surface area (Å²) in [6, 6.07) is 0. The van der Waals surface area contributed by atoms with E-state index in [2.05, 4.69) is 11.6 Å². The normalized spacial score (nSPS) is 10.9. The van der Waals surface area contributed by atoms with Crippen LogP contribution >= 0.6 is 0 Å². The van der Waals surface area contributed by atoms with E-state index in [0.29, 0.717) is 11.5 Å². The van der Waals surface area contributed by atoms with Gasteiger partial charge in [0, 0.05) is 18.9 Å². The van der Waals surface area contributed by atoms with Crippen LogP contribution in [0.15, 0.2) is 29.5 Å². The van der Waals surface area contributed by atoms with Crippen molar-refractivity contribution in [2.24, 2.45) is 4.99 Å². The summed E-state index contributed by atoms with van der Waals surface area (Å²) < 4.78 is 0. The molecule has 0 aromatic carbocycles. The Hall–Kier alpha value is -1.38. The van der Waals surface area contributed by atoms with Gasteiger partial charge in [0.15, 0.2) is 0 Å². The largest absolute Gasteiger partial charge is 0.336 e. The molecule has 66 valence electrons. The molecule has 0 radical (unpaired) electrons. The van der Waals surface area contributed by atoms with Gasteiger partial charge in [0.25, 0.3) is 0 Å². The summed E-state index contributed by atoms with van der Waals surface area (Å²) in [5.41, 5.74) is 0.702. The zero-order valence-electron chi connectivity index (χ0n) is 7.83. The van der Waals surface area contributed by atoms with Crippen molar-refractivity contribution in [1.82, 2.24) is 4.90 Å². The Morgan fingerprint density at radius 2 is 2.17 bits per heavy atom. The maximum Gasteiger partial charge on any atom is 0.143 e. The molecule has 0 spiro atoms. The van der Waals surface area contributed by atoms with E-state index in [1.165, 1.54) is 6.21 Å². The van der Waals surface area contributed by atoms with Crippen molar-refractivity contribution in [3.05, 3.63) is 24.6 Å². The van der Waals surface area contributed by atoms with Gasteiger partial charge in [0.1, 0.15) is 5.84 Å². The molecule has 0 atom stereocenters. The van der Waals surface area contributed by atoms with Crippen molar-refractivity contribution in [3.8, 4) is 0 Å². The number of hydrogen-bond acceptors (Lipinski definition) is 2. The van der Waals surface area contributed by atoms with Gasteiger partial charge in [-0.25, -0.2) is 0 Å². The SMILES string of the molecule is C=C(C)N=CC(=N)N(C)/C=C\C. The van der Waals surface area contributed by atoms with E-state index in [0.717, 1.165) is 0 Å². The second-order valence-corrected chi connectivity index (χ2v) is 2.47. The first kappa shape index (κ1) is 10.6. The molecule has 0 aromatic heterocycles. The summed E-state index contributed by atoms with van der Waals surface area (Å²) in [6.07, 6.45) is 5.14. The lowest BCUT2D eigenvalue weighted by Gasteiger charge is -2.10. The fourth-order valence-corrected chi connectivity index (χ4v) is 0.566. The maximum absolute atomic E-state index is 7.48. The lowest BCUT2D eigenvalue weighted by atomic mass is 10.5. The van der Waals surface area contributed by atoms with Crippen molar-refractivity contribution in [3.63, 3.8) is 0 Å². The quantitative estimate of drug-likeness (QED) is 0.504. The molecule has 0 rings (SSSR count). The van der Waals surface area contributed by atoms with Crippen LogP contribution in [-0.2, 0) is 0 Å². The summed E-state index contributed by atoms with van der Waals surface area (Å²) in [6.45, 7) is 7.29. The van der Waals surface area contributed by atoms with Crippen molar-refractivity contribution >= 4 is 12.1 Å². The Morgan fingerprint density at radius 3 is 2.58 bits per heavy atom. The first-order valence-electron chi connectivity index (χ1n) is 3.71. The Labute approximate surface area is 73.6 Å². The molecule has 0 amide bonds. The van der Waals surface area contributed by atoms with Crippen LogP contribution < -0.4 is 0 Å². The minimum Gasteiger partial charge on any atom is -0.336 e. The van der Waals surface area contributed by atoms with Gasteiger partial charge in [-0.15, -0.1) is 0 Å². The van der Waals surface area contributed by atoms with Crippen LogP contribution in [0.1, 0.15) is 13.8 Å². The molecule has 0 heterocycles. The van der Waals surface area contributed by atoms with Gasteiger partial charge in [-0.2, -0.15) is 0 Å². The Balaban J connectivity index is 4.12. The molecule has 12 heavy (non-hydrogen) atoms. The number of amidine groups is 1. The van der Waals surface area contributed by atoms with Gasteiger partial charge >= 0.3 is 0 Å². The van der Waals surface area contributed by atoms with E-state index in [4.69, 9.17) is 5.41 Å². The van der Waals surface area contributed by atoms with Gasteiger partial charge in [-0.1, -0.05) is 12.7 Å². The van der Waals surface area contributed by atoms with Crippen LogP contribution in [0.3, 0.4) is 0 Å². The number of aliphatic imine (C=N–C) groups is 1. The third-order valence-corrected chi connectivity index (χ3v) is 1.16. The summed E-state index contributed by atoms with van der Waals surface area (Å²) in [4.78, 5) is 5.58. The van der Waals surface area contributed by atoms with E-state index >= 15 is 0 Å². The standard InChI is InChI=1S/C9H15N3/c1-5-6-12(4)9(10)7-11-8(2)3/h5-7,10H,2H2,1,3-4H3/b6-5-,10-9?,11-7?. The third kappa shape index (κ3) is 4.44. The molecule has 1 N–H and O–H groups in total. The van der Waals surface area contributed by atoms with Gasteiger partial charge < -0.3 is 4.90 Å². The second kappa shape index (κ2) is 5.29. The van der Waals surface area contributed by atoms with Gasteiger partial charge in [-0.3, -0.25) is 10.4 Å². The fourth-order valence-electron chi connectivity index (χ4n) is 0.566. The minimum atomic E-state index is 0.344. The second-order valence-electron chi connectivity index (χ2n) is 2.47. The van der Waals surface area contributed by atoms with Gasteiger partial charge in [0.05, 0.1) is 6.21 Å². The topological polar surface area (TPSA) is 39.5 Å². The molecule has 0 saturated carbocycles. The molecule has 0 aromatic rings. The number of rotatable bonds is 3. The summed E-state index contributed by atoms with van der Waals surface area (Å²) in [5.74, 6) is 0.344. The van der Waals surface area contributed by atoms with E-state index in [1.807, 2.05) is 13.0 Å². The van der Waals surface area contributed by atoms with Crippen LogP contribution in [-0.4, -0.2) is 24.0 Å². The summed E-state index contributed by atoms with van der Waals surface area (Å²) >= 11 is 0. The average Bonchev–Trinajstić information content (AvgIpc) is 2.00. The first-order valence-corrected chi connectivity index (χ1v) is 3.71. The Morgan fingerprint density at radius 1 is 1.58 bits per heavy atom. The Kier molecular flexibility index (Phi) is 4.69. The highest BCUT2D eigenvalue weighted by atomic mass is 15.1.